The smallest absolute Gasteiger partial charge is 0.124 e. The minimum absolute atomic E-state index is 0.0580. The van der Waals surface area contributed by atoms with E-state index in [1.54, 1.807) is 16.8 Å². The molecule has 5 nitrogen and oxygen atoms in total. The standard InChI is InChI=1S/C12H15N3O2/c1-8-5-12(15(2)14-8)13-7-9-3-4-10(16)6-11(9)17/h3-6,13,16-17H,7H2,1-2H3. The van der Waals surface area contributed by atoms with Crippen LogP contribution in [0.5, 0.6) is 11.5 Å². The number of nitrogens with one attached hydrogen (secondary N) is 1. The number of rotatable bonds is 3. The van der Waals surface area contributed by atoms with Crippen LogP contribution in [0.4, 0.5) is 5.82 Å². The number of hydrogen-bond acceptors (Lipinski definition) is 4. The lowest BCUT2D eigenvalue weighted by Crippen LogP contribution is -2.04. The van der Waals surface area contributed by atoms with Gasteiger partial charge < -0.3 is 15.5 Å². The molecule has 2 rings (SSSR count). The van der Waals surface area contributed by atoms with Crippen LogP contribution in [-0.4, -0.2) is 20.0 Å². The molecule has 0 spiro atoms. The summed E-state index contributed by atoms with van der Waals surface area (Å²) in [6.45, 7) is 2.40. The SMILES string of the molecule is Cc1cc(NCc2ccc(O)cc2O)n(C)n1. The number of hydrogen-bond donors (Lipinski definition) is 3. The molecular formula is C12H15N3O2. The molecule has 0 radical (unpaired) electrons. The third-order valence-electron chi connectivity index (χ3n) is 2.53. The molecule has 17 heavy (non-hydrogen) atoms. The summed E-state index contributed by atoms with van der Waals surface area (Å²) in [6.07, 6.45) is 0. The van der Waals surface area contributed by atoms with Crippen molar-refractivity contribution in [3.05, 3.63) is 35.5 Å². The minimum Gasteiger partial charge on any atom is -0.508 e. The molecule has 3 N–H and O–H groups in total. The molecule has 0 unspecified atom stereocenters. The van der Waals surface area contributed by atoms with Crippen molar-refractivity contribution in [1.29, 1.82) is 0 Å². The molecule has 5 heteroatoms. The molecule has 0 aliphatic heterocycles. The number of aromatic hydroxyl groups is 2. The van der Waals surface area contributed by atoms with Gasteiger partial charge in [0.2, 0.25) is 0 Å². The van der Waals surface area contributed by atoms with Crippen molar-refractivity contribution < 1.29 is 10.2 Å². The third kappa shape index (κ3) is 2.50. The van der Waals surface area contributed by atoms with Crippen molar-refractivity contribution in [1.82, 2.24) is 9.78 Å². The van der Waals surface area contributed by atoms with Crippen LogP contribution >= 0.6 is 0 Å². The molecule has 0 aliphatic rings. The fourth-order valence-electron chi connectivity index (χ4n) is 1.66. The van der Waals surface area contributed by atoms with E-state index in [0.717, 1.165) is 17.1 Å². The summed E-state index contributed by atoms with van der Waals surface area (Å²) in [5, 5.41) is 26.2. The topological polar surface area (TPSA) is 70.3 Å². The Hall–Kier alpha value is -2.17. The number of aryl methyl sites for hydroxylation is 2. The minimum atomic E-state index is 0.0580. The molecule has 0 amide bonds. The monoisotopic (exact) mass is 233 g/mol. The Bertz CT molecular complexity index is 535. The summed E-state index contributed by atoms with van der Waals surface area (Å²) in [4.78, 5) is 0. The second-order valence-electron chi connectivity index (χ2n) is 3.96. The first-order chi connectivity index (χ1) is 8.06. The second-order valence-corrected chi connectivity index (χ2v) is 3.96. The summed E-state index contributed by atoms with van der Waals surface area (Å²) in [6, 6.07) is 6.48. The molecule has 2 aromatic rings. The number of phenols is 2. The van der Waals surface area contributed by atoms with Gasteiger partial charge in [-0.05, 0) is 19.1 Å². The van der Waals surface area contributed by atoms with Crippen LogP contribution < -0.4 is 5.32 Å². The first-order valence-electron chi connectivity index (χ1n) is 5.31. The Morgan fingerprint density at radius 3 is 2.65 bits per heavy atom. The first-order valence-corrected chi connectivity index (χ1v) is 5.31. The van der Waals surface area contributed by atoms with Gasteiger partial charge in [-0.25, -0.2) is 0 Å². The largest absolute Gasteiger partial charge is 0.508 e. The number of nitrogens with zero attached hydrogens (tertiary/aromatic N) is 2. The van der Waals surface area contributed by atoms with Gasteiger partial charge in [0.25, 0.3) is 0 Å². The van der Waals surface area contributed by atoms with Gasteiger partial charge in [-0.2, -0.15) is 5.10 Å². The van der Waals surface area contributed by atoms with Crippen molar-refractivity contribution in [2.45, 2.75) is 13.5 Å². The molecule has 0 atom stereocenters. The molecule has 0 saturated carbocycles. The maximum Gasteiger partial charge on any atom is 0.124 e. The van der Waals surface area contributed by atoms with Crippen LogP contribution in [-0.2, 0) is 13.6 Å². The van der Waals surface area contributed by atoms with E-state index in [1.165, 1.54) is 6.07 Å². The summed E-state index contributed by atoms with van der Waals surface area (Å²) < 4.78 is 1.74. The molecule has 1 aromatic carbocycles. The maximum atomic E-state index is 9.62. The van der Waals surface area contributed by atoms with Gasteiger partial charge in [-0.3, -0.25) is 4.68 Å². The Morgan fingerprint density at radius 2 is 2.06 bits per heavy atom. The van der Waals surface area contributed by atoms with Gasteiger partial charge in [-0.15, -0.1) is 0 Å². The zero-order valence-electron chi connectivity index (χ0n) is 9.81. The highest BCUT2D eigenvalue weighted by Crippen LogP contribution is 2.23. The van der Waals surface area contributed by atoms with E-state index >= 15 is 0 Å². The Balaban J connectivity index is 2.10. The third-order valence-corrected chi connectivity index (χ3v) is 2.53. The van der Waals surface area contributed by atoms with Crippen LogP contribution in [0.25, 0.3) is 0 Å². The van der Waals surface area contributed by atoms with Crippen molar-refractivity contribution in [2.24, 2.45) is 7.05 Å². The Kier molecular flexibility index (Phi) is 2.91. The van der Waals surface area contributed by atoms with Crippen molar-refractivity contribution >= 4 is 5.82 Å². The van der Waals surface area contributed by atoms with Crippen LogP contribution in [0.2, 0.25) is 0 Å². The van der Waals surface area contributed by atoms with Gasteiger partial charge in [0.15, 0.2) is 0 Å². The summed E-state index contributed by atoms with van der Waals surface area (Å²) >= 11 is 0. The predicted molar refractivity (Wildman–Crippen MR) is 65.0 cm³/mol. The maximum absolute atomic E-state index is 9.62. The number of anilines is 1. The van der Waals surface area contributed by atoms with Crippen LogP contribution in [0.3, 0.4) is 0 Å². The quantitative estimate of drug-likeness (QED) is 0.755. The molecule has 1 aromatic heterocycles. The molecular weight excluding hydrogens is 218 g/mol. The van der Waals surface area contributed by atoms with Crippen molar-refractivity contribution in [2.75, 3.05) is 5.32 Å². The lowest BCUT2D eigenvalue weighted by Gasteiger charge is -2.08. The molecule has 0 fully saturated rings. The van der Waals surface area contributed by atoms with Gasteiger partial charge in [0, 0.05) is 31.3 Å². The number of benzene rings is 1. The summed E-state index contributed by atoms with van der Waals surface area (Å²) in [7, 11) is 1.85. The molecule has 1 heterocycles. The van der Waals surface area contributed by atoms with Gasteiger partial charge in [0.1, 0.15) is 17.3 Å². The zero-order valence-corrected chi connectivity index (χ0v) is 9.81. The Morgan fingerprint density at radius 1 is 1.29 bits per heavy atom. The number of aromatic nitrogens is 2. The van der Waals surface area contributed by atoms with E-state index in [0.29, 0.717) is 6.54 Å². The predicted octanol–water partition coefficient (Wildman–Crippen LogP) is 1.75. The lowest BCUT2D eigenvalue weighted by atomic mass is 10.2. The number of phenolic OH excluding ortho intramolecular Hbond substituents is 2. The van der Waals surface area contributed by atoms with E-state index in [4.69, 9.17) is 0 Å². The van der Waals surface area contributed by atoms with E-state index in [9.17, 15) is 10.2 Å². The zero-order chi connectivity index (χ0) is 12.4. The Labute approximate surface area is 99.3 Å². The average molecular weight is 233 g/mol. The average Bonchev–Trinajstić information content (AvgIpc) is 2.56. The van der Waals surface area contributed by atoms with Gasteiger partial charge >= 0.3 is 0 Å². The molecule has 0 aliphatic carbocycles. The van der Waals surface area contributed by atoms with Crippen LogP contribution in [0, 0.1) is 6.92 Å². The van der Waals surface area contributed by atoms with E-state index < -0.39 is 0 Å². The van der Waals surface area contributed by atoms with Crippen molar-refractivity contribution in [3.8, 4) is 11.5 Å². The summed E-state index contributed by atoms with van der Waals surface area (Å²) in [5.74, 6) is 1.02. The fraction of sp³-hybridized carbons (Fsp3) is 0.250. The van der Waals surface area contributed by atoms with E-state index in [-0.39, 0.29) is 11.5 Å². The lowest BCUT2D eigenvalue weighted by molar-refractivity contribution is 0.446. The van der Waals surface area contributed by atoms with Gasteiger partial charge in [-0.1, -0.05) is 0 Å². The van der Waals surface area contributed by atoms with Crippen LogP contribution in [0.1, 0.15) is 11.3 Å². The normalized spacial score (nSPS) is 10.5. The molecule has 0 saturated heterocycles. The highest BCUT2D eigenvalue weighted by molar-refractivity contribution is 5.43. The highest BCUT2D eigenvalue weighted by Gasteiger charge is 2.04. The van der Waals surface area contributed by atoms with Crippen molar-refractivity contribution in [3.63, 3.8) is 0 Å². The summed E-state index contributed by atoms with van der Waals surface area (Å²) in [5.41, 5.74) is 1.66. The van der Waals surface area contributed by atoms with Crippen LogP contribution in [0.15, 0.2) is 24.3 Å². The molecule has 90 valence electrons. The molecule has 0 bridgehead atoms. The van der Waals surface area contributed by atoms with E-state index in [2.05, 4.69) is 10.4 Å². The van der Waals surface area contributed by atoms with E-state index in [1.807, 2.05) is 20.0 Å². The first kappa shape index (κ1) is 11.3. The fourth-order valence-corrected chi connectivity index (χ4v) is 1.66. The second kappa shape index (κ2) is 4.37. The highest BCUT2D eigenvalue weighted by atomic mass is 16.3. The van der Waals surface area contributed by atoms with Gasteiger partial charge in [0.05, 0.1) is 5.69 Å².